The van der Waals surface area contributed by atoms with Crippen molar-refractivity contribution in [2.75, 3.05) is 0 Å². The minimum absolute atomic E-state index is 0.598. The van der Waals surface area contributed by atoms with E-state index in [0.717, 1.165) is 15.6 Å². The third-order valence-electron chi connectivity index (χ3n) is 4.46. The standard InChI is InChI=1S/C24H18BrO2P/c25-20-17-15-19(16-18-20)23-13-7-8-14-24(23)27-28(26,21-9-3-1-4-10-21)22-11-5-2-6-12-22/h1-18H. The molecule has 28 heavy (non-hydrogen) atoms. The van der Waals surface area contributed by atoms with Crippen LogP contribution in [0, 0.1) is 0 Å². The van der Waals surface area contributed by atoms with Gasteiger partial charge in [-0.25, -0.2) is 0 Å². The highest BCUT2D eigenvalue weighted by Crippen LogP contribution is 2.47. The number of rotatable bonds is 5. The van der Waals surface area contributed by atoms with Crippen LogP contribution in [-0.4, -0.2) is 0 Å². The number of halogens is 1. The first kappa shape index (κ1) is 18.7. The lowest BCUT2D eigenvalue weighted by atomic mass is 10.1. The molecular weight excluding hydrogens is 431 g/mol. The average Bonchev–Trinajstić information content (AvgIpc) is 2.76. The van der Waals surface area contributed by atoms with Crippen molar-refractivity contribution in [2.45, 2.75) is 0 Å². The molecule has 0 amide bonds. The Labute approximate surface area is 173 Å². The van der Waals surface area contributed by atoms with Crippen LogP contribution in [0.15, 0.2) is 114 Å². The van der Waals surface area contributed by atoms with Crippen molar-refractivity contribution in [1.82, 2.24) is 0 Å². The van der Waals surface area contributed by atoms with E-state index in [0.29, 0.717) is 16.4 Å². The Hall–Kier alpha value is -2.61. The summed E-state index contributed by atoms with van der Waals surface area (Å²) >= 11 is 3.47. The zero-order valence-corrected chi connectivity index (χ0v) is 17.5. The Morgan fingerprint density at radius 1 is 0.607 bits per heavy atom. The molecule has 2 nitrogen and oxygen atoms in total. The van der Waals surface area contributed by atoms with Gasteiger partial charge < -0.3 is 4.52 Å². The summed E-state index contributed by atoms with van der Waals surface area (Å²) < 4.78 is 21.5. The molecule has 4 rings (SSSR count). The van der Waals surface area contributed by atoms with E-state index in [4.69, 9.17) is 4.52 Å². The Bertz CT molecular complexity index is 1070. The van der Waals surface area contributed by atoms with Crippen LogP contribution < -0.4 is 15.1 Å². The summed E-state index contributed by atoms with van der Waals surface area (Å²) in [6.45, 7) is 0. The van der Waals surface area contributed by atoms with E-state index < -0.39 is 7.37 Å². The van der Waals surface area contributed by atoms with Gasteiger partial charge in [0.25, 0.3) is 0 Å². The summed E-state index contributed by atoms with van der Waals surface area (Å²) in [4.78, 5) is 0. The van der Waals surface area contributed by atoms with Gasteiger partial charge in [0.1, 0.15) is 5.75 Å². The molecule has 0 spiro atoms. The Kier molecular flexibility index (Phi) is 5.47. The van der Waals surface area contributed by atoms with Crippen molar-refractivity contribution in [3.05, 3.63) is 114 Å². The van der Waals surface area contributed by atoms with Gasteiger partial charge >= 0.3 is 7.37 Å². The van der Waals surface area contributed by atoms with E-state index in [1.807, 2.05) is 109 Å². The molecule has 4 aromatic carbocycles. The van der Waals surface area contributed by atoms with Crippen molar-refractivity contribution >= 4 is 33.9 Å². The van der Waals surface area contributed by atoms with Gasteiger partial charge in [-0.3, -0.25) is 4.57 Å². The lowest BCUT2D eigenvalue weighted by Crippen LogP contribution is -2.20. The predicted molar refractivity (Wildman–Crippen MR) is 120 cm³/mol. The third kappa shape index (κ3) is 3.82. The topological polar surface area (TPSA) is 26.3 Å². The second kappa shape index (κ2) is 8.18. The van der Waals surface area contributed by atoms with Gasteiger partial charge in [0.15, 0.2) is 0 Å². The second-order valence-corrected chi connectivity index (χ2v) is 9.55. The summed E-state index contributed by atoms with van der Waals surface area (Å²) in [5.41, 5.74) is 1.91. The number of hydrogen-bond donors (Lipinski definition) is 0. The van der Waals surface area contributed by atoms with Crippen molar-refractivity contribution < 1.29 is 9.09 Å². The maximum Gasteiger partial charge on any atom is 0.306 e. The first-order chi connectivity index (χ1) is 13.7. The molecule has 0 fully saturated rings. The maximum absolute atomic E-state index is 14.2. The second-order valence-electron chi connectivity index (χ2n) is 6.32. The van der Waals surface area contributed by atoms with Crippen molar-refractivity contribution in [3.8, 4) is 16.9 Å². The minimum Gasteiger partial charge on any atom is -0.436 e. The summed E-state index contributed by atoms with van der Waals surface area (Å²) in [5.74, 6) is 0.598. The van der Waals surface area contributed by atoms with Gasteiger partial charge in [-0.15, -0.1) is 0 Å². The molecule has 0 radical (unpaired) electrons. The average molecular weight is 449 g/mol. The lowest BCUT2D eigenvalue weighted by molar-refractivity contribution is 0.503. The van der Waals surface area contributed by atoms with Crippen LogP contribution >= 0.6 is 23.3 Å². The van der Waals surface area contributed by atoms with Crippen LogP contribution in [-0.2, 0) is 4.57 Å². The zero-order valence-electron chi connectivity index (χ0n) is 15.0. The van der Waals surface area contributed by atoms with E-state index in [1.165, 1.54) is 0 Å². The van der Waals surface area contributed by atoms with Crippen molar-refractivity contribution in [2.24, 2.45) is 0 Å². The van der Waals surface area contributed by atoms with E-state index in [-0.39, 0.29) is 0 Å². The monoisotopic (exact) mass is 448 g/mol. The number of benzene rings is 4. The molecule has 0 unspecified atom stereocenters. The van der Waals surface area contributed by atoms with E-state index in [9.17, 15) is 4.57 Å². The van der Waals surface area contributed by atoms with Crippen LogP contribution in [0.25, 0.3) is 11.1 Å². The quantitative estimate of drug-likeness (QED) is 0.329. The minimum atomic E-state index is -3.31. The fourth-order valence-corrected chi connectivity index (χ4v) is 5.39. The van der Waals surface area contributed by atoms with Gasteiger partial charge in [0.05, 0.1) is 10.6 Å². The molecule has 0 saturated carbocycles. The molecule has 4 aromatic rings. The summed E-state index contributed by atoms with van der Waals surface area (Å²) in [5, 5.41) is 1.35. The first-order valence-electron chi connectivity index (χ1n) is 8.93. The number of para-hydroxylation sites is 1. The largest absolute Gasteiger partial charge is 0.436 e. The van der Waals surface area contributed by atoms with Crippen molar-refractivity contribution in [1.29, 1.82) is 0 Å². The predicted octanol–water partition coefficient (Wildman–Crippen LogP) is 6.42. The van der Waals surface area contributed by atoms with Crippen LogP contribution in [0.5, 0.6) is 5.75 Å². The van der Waals surface area contributed by atoms with Crippen LogP contribution in [0.1, 0.15) is 0 Å². The number of hydrogen-bond acceptors (Lipinski definition) is 2. The highest BCUT2D eigenvalue weighted by Gasteiger charge is 2.30. The molecule has 0 bridgehead atoms. The van der Waals surface area contributed by atoms with Gasteiger partial charge in [-0.2, -0.15) is 0 Å². The van der Waals surface area contributed by atoms with Crippen LogP contribution in [0.2, 0.25) is 0 Å². The van der Waals surface area contributed by atoms with E-state index in [2.05, 4.69) is 15.9 Å². The molecule has 0 atom stereocenters. The molecule has 4 heteroatoms. The lowest BCUT2D eigenvalue weighted by Gasteiger charge is -2.22. The normalized spacial score (nSPS) is 11.2. The third-order valence-corrected chi connectivity index (χ3v) is 7.40. The van der Waals surface area contributed by atoms with Gasteiger partial charge in [0, 0.05) is 10.0 Å². The molecular formula is C24H18BrO2P. The summed E-state index contributed by atoms with van der Waals surface area (Å²) in [6, 6.07) is 34.5. The highest BCUT2D eigenvalue weighted by molar-refractivity contribution is 9.10. The summed E-state index contributed by atoms with van der Waals surface area (Å²) in [6.07, 6.45) is 0. The smallest absolute Gasteiger partial charge is 0.306 e. The zero-order chi connectivity index (χ0) is 19.4. The Morgan fingerprint density at radius 2 is 1.11 bits per heavy atom. The van der Waals surface area contributed by atoms with Crippen LogP contribution in [0.4, 0.5) is 0 Å². The molecule has 0 aliphatic carbocycles. The van der Waals surface area contributed by atoms with Crippen LogP contribution in [0.3, 0.4) is 0 Å². The summed E-state index contributed by atoms with van der Waals surface area (Å²) in [7, 11) is -3.31. The molecule has 138 valence electrons. The van der Waals surface area contributed by atoms with Gasteiger partial charge in [-0.05, 0) is 48.0 Å². The SMILES string of the molecule is O=P(Oc1ccccc1-c1ccc(Br)cc1)(c1ccccc1)c1ccccc1. The first-order valence-corrected chi connectivity index (χ1v) is 11.3. The molecule has 0 aromatic heterocycles. The van der Waals surface area contributed by atoms with Crippen molar-refractivity contribution in [3.63, 3.8) is 0 Å². The van der Waals surface area contributed by atoms with Gasteiger partial charge in [0.2, 0.25) is 0 Å². The van der Waals surface area contributed by atoms with E-state index >= 15 is 0 Å². The molecule has 0 saturated heterocycles. The molecule has 0 heterocycles. The maximum atomic E-state index is 14.2. The Balaban J connectivity index is 1.83. The Morgan fingerprint density at radius 3 is 1.68 bits per heavy atom. The molecule has 0 aliphatic heterocycles. The van der Waals surface area contributed by atoms with E-state index in [1.54, 1.807) is 0 Å². The molecule has 0 aliphatic rings. The molecule has 0 N–H and O–H groups in total. The fourth-order valence-electron chi connectivity index (χ4n) is 3.06. The van der Waals surface area contributed by atoms with Gasteiger partial charge in [-0.1, -0.05) is 82.7 Å². The highest BCUT2D eigenvalue weighted by atomic mass is 79.9. The fraction of sp³-hybridized carbons (Fsp3) is 0.